The van der Waals surface area contributed by atoms with Crippen LogP contribution in [0.4, 0.5) is 22.9 Å². The number of fused-ring (bicyclic) bond motifs is 1. The van der Waals surface area contributed by atoms with E-state index in [0.717, 1.165) is 22.0 Å². The van der Waals surface area contributed by atoms with E-state index in [9.17, 15) is 19.2 Å². The molecule has 1 aliphatic rings. The van der Waals surface area contributed by atoms with Crippen molar-refractivity contribution >= 4 is 40.6 Å². The highest BCUT2D eigenvalue weighted by Crippen LogP contribution is 2.25. The van der Waals surface area contributed by atoms with Gasteiger partial charge in [0.25, 0.3) is 23.3 Å². The fourth-order valence-corrected chi connectivity index (χ4v) is 3.91. The quantitative estimate of drug-likeness (QED) is 0.334. The van der Waals surface area contributed by atoms with E-state index in [4.69, 9.17) is 5.73 Å². The number of carbonyl (C=O) groups excluding carboxylic acids is 3. The molecular formula is C26H19N5O4. The number of aromatic nitrogens is 1. The van der Waals surface area contributed by atoms with Gasteiger partial charge in [-0.1, -0.05) is 30.3 Å². The van der Waals surface area contributed by atoms with Gasteiger partial charge in [0.2, 0.25) is 0 Å². The van der Waals surface area contributed by atoms with Crippen LogP contribution in [-0.4, -0.2) is 22.3 Å². The molecule has 0 radical (unpaired) electrons. The van der Waals surface area contributed by atoms with Crippen molar-refractivity contribution in [2.45, 2.75) is 0 Å². The van der Waals surface area contributed by atoms with Crippen LogP contribution < -0.4 is 27.2 Å². The van der Waals surface area contributed by atoms with Crippen LogP contribution in [0.25, 0.3) is 5.69 Å². The standard InChI is InChI=1S/C26H19N5O4/c27-23-22-19(25(34)30-26(22)35)14-21(32)31(23)20-9-5-4-8-18(20)24(33)29-17-12-10-16(11-13-17)28-15-6-2-1-3-7-15/h1-14,28H,27H2,(H,29,33)(H,30,34,35). The van der Waals surface area contributed by atoms with Gasteiger partial charge in [0.1, 0.15) is 5.82 Å². The number of para-hydroxylation sites is 2. The van der Waals surface area contributed by atoms with Gasteiger partial charge < -0.3 is 16.4 Å². The van der Waals surface area contributed by atoms with Crippen molar-refractivity contribution in [3.63, 3.8) is 0 Å². The number of rotatable bonds is 5. The molecule has 1 aromatic heterocycles. The van der Waals surface area contributed by atoms with Gasteiger partial charge in [-0.15, -0.1) is 0 Å². The first-order valence-corrected chi connectivity index (χ1v) is 10.7. The summed E-state index contributed by atoms with van der Waals surface area (Å²) < 4.78 is 1.05. The van der Waals surface area contributed by atoms with Gasteiger partial charge in [0.05, 0.1) is 22.4 Å². The average Bonchev–Trinajstić information content (AvgIpc) is 3.14. The van der Waals surface area contributed by atoms with E-state index in [2.05, 4.69) is 16.0 Å². The van der Waals surface area contributed by atoms with Gasteiger partial charge in [-0.25, -0.2) is 0 Å². The van der Waals surface area contributed by atoms with Crippen molar-refractivity contribution in [1.82, 2.24) is 9.88 Å². The second kappa shape index (κ2) is 8.64. The average molecular weight is 465 g/mol. The number of hydrogen-bond donors (Lipinski definition) is 4. The van der Waals surface area contributed by atoms with E-state index in [1.54, 1.807) is 36.4 Å². The van der Waals surface area contributed by atoms with E-state index in [1.807, 2.05) is 42.5 Å². The molecule has 3 amide bonds. The van der Waals surface area contributed by atoms with Crippen LogP contribution >= 0.6 is 0 Å². The Bertz CT molecular complexity index is 1540. The first-order chi connectivity index (χ1) is 16.9. The lowest BCUT2D eigenvalue weighted by Crippen LogP contribution is -2.26. The van der Waals surface area contributed by atoms with Gasteiger partial charge in [0, 0.05) is 23.1 Å². The minimum absolute atomic E-state index is 0.0834. The van der Waals surface area contributed by atoms with Crippen LogP contribution in [0.2, 0.25) is 0 Å². The minimum Gasteiger partial charge on any atom is -0.384 e. The molecule has 0 aliphatic carbocycles. The molecule has 9 nitrogen and oxygen atoms in total. The van der Waals surface area contributed by atoms with Crippen LogP contribution in [0, 0.1) is 0 Å². The third-order valence-electron chi connectivity index (χ3n) is 5.55. The number of nitrogens with zero attached hydrogens (tertiary/aromatic N) is 1. The summed E-state index contributed by atoms with van der Waals surface area (Å²) in [6.45, 7) is 0. The third-order valence-corrected chi connectivity index (χ3v) is 5.55. The normalized spacial score (nSPS) is 12.1. The molecule has 0 atom stereocenters. The Kier molecular flexibility index (Phi) is 5.34. The summed E-state index contributed by atoms with van der Waals surface area (Å²) in [6.07, 6.45) is 0. The highest BCUT2D eigenvalue weighted by Gasteiger charge is 2.32. The SMILES string of the molecule is Nc1c2c(cc(=O)n1-c1ccccc1C(=O)Nc1ccc(Nc3ccccc3)cc1)C(=O)NC2=O. The predicted octanol–water partition coefficient (Wildman–Crippen LogP) is 3.30. The Morgan fingerprint density at radius 2 is 1.40 bits per heavy atom. The summed E-state index contributed by atoms with van der Waals surface area (Å²) in [5, 5.41) is 8.20. The lowest BCUT2D eigenvalue weighted by Gasteiger charge is -2.16. The van der Waals surface area contributed by atoms with Crippen LogP contribution in [0.3, 0.4) is 0 Å². The van der Waals surface area contributed by atoms with Crippen LogP contribution in [0.1, 0.15) is 31.1 Å². The second-order valence-corrected chi connectivity index (χ2v) is 7.81. The van der Waals surface area contributed by atoms with E-state index in [1.165, 1.54) is 0 Å². The summed E-state index contributed by atoms with van der Waals surface area (Å²) in [6, 6.07) is 24.2. The minimum atomic E-state index is -0.692. The maximum absolute atomic E-state index is 13.1. The second-order valence-electron chi connectivity index (χ2n) is 7.81. The number of imide groups is 1. The van der Waals surface area contributed by atoms with E-state index >= 15 is 0 Å². The summed E-state index contributed by atoms with van der Waals surface area (Å²) in [7, 11) is 0. The van der Waals surface area contributed by atoms with Crippen molar-refractivity contribution in [2.75, 3.05) is 16.4 Å². The largest absolute Gasteiger partial charge is 0.384 e. The molecule has 0 bridgehead atoms. The van der Waals surface area contributed by atoms with Gasteiger partial charge >= 0.3 is 0 Å². The number of carbonyl (C=O) groups is 3. The monoisotopic (exact) mass is 465 g/mol. The Balaban J connectivity index is 1.44. The number of nitrogens with two attached hydrogens (primary N) is 1. The topological polar surface area (TPSA) is 135 Å². The van der Waals surface area contributed by atoms with E-state index in [-0.39, 0.29) is 28.2 Å². The van der Waals surface area contributed by atoms with Gasteiger partial charge in [0.15, 0.2) is 0 Å². The molecule has 1 aliphatic heterocycles. The third kappa shape index (κ3) is 4.02. The fourth-order valence-electron chi connectivity index (χ4n) is 3.91. The summed E-state index contributed by atoms with van der Waals surface area (Å²) in [5.74, 6) is -2.07. The first kappa shape index (κ1) is 21.7. The summed E-state index contributed by atoms with van der Waals surface area (Å²) in [4.78, 5) is 50.1. The zero-order valence-electron chi connectivity index (χ0n) is 18.2. The molecule has 5 rings (SSSR count). The molecule has 0 spiro atoms. The Morgan fingerprint density at radius 1 is 0.771 bits per heavy atom. The van der Waals surface area contributed by atoms with Crippen molar-refractivity contribution in [2.24, 2.45) is 0 Å². The molecule has 5 N–H and O–H groups in total. The Morgan fingerprint density at radius 3 is 2.14 bits per heavy atom. The zero-order valence-corrected chi connectivity index (χ0v) is 18.2. The van der Waals surface area contributed by atoms with Crippen LogP contribution in [0.15, 0.2) is 89.7 Å². The number of hydrogen-bond acceptors (Lipinski definition) is 6. The van der Waals surface area contributed by atoms with Gasteiger partial charge in [-0.2, -0.15) is 0 Å². The molecule has 0 unspecified atom stereocenters. The predicted molar refractivity (Wildman–Crippen MR) is 132 cm³/mol. The van der Waals surface area contributed by atoms with Crippen molar-refractivity contribution in [3.8, 4) is 5.69 Å². The highest BCUT2D eigenvalue weighted by atomic mass is 16.2. The zero-order chi connectivity index (χ0) is 24.5. The van der Waals surface area contributed by atoms with Gasteiger partial charge in [-0.05, 0) is 48.5 Å². The molecule has 2 heterocycles. The number of nitrogens with one attached hydrogen (secondary N) is 3. The molecule has 35 heavy (non-hydrogen) atoms. The molecule has 9 heteroatoms. The molecule has 172 valence electrons. The Hall–Kier alpha value is -5.18. The maximum atomic E-state index is 13.1. The number of benzene rings is 3. The number of amides is 3. The first-order valence-electron chi connectivity index (χ1n) is 10.7. The summed E-state index contributed by atoms with van der Waals surface area (Å²) >= 11 is 0. The lowest BCUT2D eigenvalue weighted by molar-refractivity contribution is 0.0879. The van der Waals surface area contributed by atoms with Gasteiger partial charge in [-0.3, -0.25) is 29.1 Å². The van der Waals surface area contributed by atoms with Crippen molar-refractivity contribution in [1.29, 1.82) is 0 Å². The molecule has 0 saturated carbocycles. The molecule has 0 saturated heterocycles. The lowest BCUT2D eigenvalue weighted by atomic mass is 10.1. The number of nitrogen functional groups attached to an aromatic ring is 1. The van der Waals surface area contributed by atoms with Crippen LogP contribution in [0.5, 0.6) is 0 Å². The van der Waals surface area contributed by atoms with Crippen molar-refractivity contribution in [3.05, 3.63) is 112 Å². The van der Waals surface area contributed by atoms with Crippen molar-refractivity contribution < 1.29 is 14.4 Å². The molecule has 0 fully saturated rings. The summed E-state index contributed by atoms with van der Waals surface area (Å²) in [5.41, 5.74) is 8.00. The molecule has 4 aromatic rings. The number of anilines is 4. The molecular weight excluding hydrogens is 446 g/mol. The highest BCUT2D eigenvalue weighted by molar-refractivity contribution is 6.23. The Labute approximate surface area is 199 Å². The maximum Gasteiger partial charge on any atom is 0.262 e. The molecule has 3 aromatic carbocycles. The van der Waals surface area contributed by atoms with Crippen LogP contribution in [-0.2, 0) is 0 Å². The fraction of sp³-hybridized carbons (Fsp3) is 0. The van der Waals surface area contributed by atoms with E-state index in [0.29, 0.717) is 5.69 Å². The number of pyridine rings is 1. The van der Waals surface area contributed by atoms with E-state index < -0.39 is 23.3 Å². The smallest absolute Gasteiger partial charge is 0.262 e.